The lowest BCUT2D eigenvalue weighted by atomic mass is 10.2. The number of nitrogens with one attached hydrogen (secondary N) is 1. The van der Waals surface area contributed by atoms with Gasteiger partial charge in [0.05, 0.1) is 11.0 Å². The minimum atomic E-state index is -3.82. The first-order chi connectivity index (χ1) is 9.81. The van der Waals surface area contributed by atoms with Crippen LogP contribution in [0.15, 0.2) is 23.1 Å². The van der Waals surface area contributed by atoms with Crippen LogP contribution < -0.4 is 16.2 Å². The molecule has 1 amide bonds. The maximum Gasteiger partial charge on any atom is 0.253 e. The number of aryl methyl sites for hydroxylation is 1. The van der Waals surface area contributed by atoms with Crippen LogP contribution in [0.3, 0.4) is 0 Å². The number of ether oxygens (including phenoxy) is 1. The summed E-state index contributed by atoms with van der Waals surface area (Å²) >= 11 is 0. The molecule has 116 valence electrons. The number of carbonyl (C=O) groups is 1. The highest BCUT2D eigenvalue weighted by molar-refractivity contribution is 7.89. The molecule has 1 fully saturated rings. The predicted octanol–water partition coefficient (Wildman–Crippen LogP) is 0.0872. The van der Waals surface area contributed by atoms with Crippen LogP contribution in [0.4, 0.5) is 5.69 Å². The minimum Gasteiger partial charge on any atom is -0.364 e. The highest BCUT2D eigenvalue weighted by atomic mass is 32.2. The van der Waals surface area contributed by atoms with E-state index in [4.69, 9.17) is 15.6 Å². The van der Waals surface area contributed by atoms with E-state index in [1.807, 2.05) is 0 Å². The minimum absolute atomic E-state index is 0.00697. The average Bonchev–Trinajstić information content (AvgIpc) is 2.88. The van der Waals surface area contributed by atoms with Gasteiger partial charge in [0.2, 0.25) is 10.0 Å². The molecule has 0 radical (unpaired) electrons. The SMILES string of the molecule is Cc1ccc(NC(=O)C2CCC(CN)O2)cc1S(N)(=O)=O. The first-order valence-electron chi connectivity index (χ1n) is 6.61. The normalized spacial score (nSPS) is 22.2. The van der Waals surface area contributed by atoms with Gasteiger partial charge in [0.25, 0.3) is 5.91 Å². The van der Waals surface area contributed by atoms with Crippen LogP contribution in [0, 0.1) is 6.92 Å². The average molecular weight is 313 g/mol. The second kappa shape index (κ2) is 6.10. The van der Waals surface area contributed by atoms with Crippen LogP contribution in [-0.4, -0.2) is 33.1 Å². The fraction of sp³-hybridized carbons (Fsp3) is 0.462. The van der Waals surface area contributed by atoms with E-state index >= 15 is 0 Å². The Morgan fingerprint density at radius 1 is 1.43 bits per heavy atom. The van der Waals surface area contributed by atoms with Gasteiger partial charge in [0.1, 0.15) is 6.10 Å². The molecule has 2 unspecified atom stereocenters. The van der Waals surface area contributed by atoms with Crippen molar-refractivity contribution in [2.24, 2.45) is 10.9 Å². The first-order valence-corrected chi connectivity index (χ1v) is 8.15. The van der Waals surface area contributed by atoms with Crippen LogP contribution in [0.5, 0.6) is 0 Å². The molecule has 7 nitrogen and oxygen atoms in total. The molecule has 21 heavy (non-hydrogen) atoms. The van der Waals surface area contributed by atoms with Crippen molar-refractivity contribution in [2.75, 3.05) is 11.9 Å². The number of rotatable bonds is 4. The molecule has 1 saturated heterocycles. The molecule has 2 atom stereocenters. The van der Waals surface area contributed by atoms with Crippen LogP contribution in [-0.2, 0) is 19.6 Å². The third-order valence-corrected chi connectivity index (χ3v) is 4.48. The third-order valence-electron chi connectivity index (χ3n) is 3.43. The second-order valence-electron chi connectivity index (χ2n) is 5.07. The van der Waals surface area contributed by atoms with E-state index in [9.17, 15) is 13.2 Å². The molecule has 0 aromatic heterocycles. The Balaban J connectivity index is 2.12. The zero-order valence-corrected chi connectivity index (χ0v) is 12.5. The summed E-state index contributed by atoms with van der Waals surface area (Å²) in [4.78, 5) is 12.1. The zero-order valence-electron chi connectivity index (χ0n) is 11.7. The number of hydrogen-bond donors (Lipinski definition) is 3. The number of carbonyl (C=O) groups excluding carboxylic acids is 1. The third kappa shape index (κ3) is 3.79. The molecule has 1 aliphatic rings. The van der Waals surface area contributed by atoms with E-state index in [1.54, 1.807) is 19.1 Å². The summed E-state index contributed by atoms with van der Waals surface area (Å²) in [5.41, 5.74) is 6.39. The van der Waals surface area contributed by atoms with Crippen molar-refractivity contribution in [3.05, 3.63) is 23.8 Å². The number of nitrogens with two attached hydrogens (primary N) is 2. The van der Waals surface area contributed by atoms with Gasteiger partial charge >= 0.3 is 0 Å². The van der Waals surface area contributed by atoms with Crippen LogP contribution >= 0.6 is 0 Å². The number of hydrogen-bond acceptors (Lipinski definition) is 5. The van der Waals surface area contributed by atoms with Gasteiger partial charge in [-0.3, -0.25) is 4.79 Å². The first kappa shape index (κ1) is 15.9. The Morgan fingerprint density at radius 2 is 2.14 bits per heavy atom. The van der Waals surface area contributed by atoms with Crippen molar-refractivity contribution < 1.29 is 17.9 Å². The van der Waals surface area contributed by atoms with Crippen molar-refractivity contribution in [2.45, 2.75) is 36.9 Å². The molecule has 1 aliphatic heterocycles. The fourth-order valence-electron chi connectivity index (χ4n) is 2.28. The van der Waals surface area contributed by atoms with E-state index < -0.39 is 16.1 Å². The molecule has 0 spiro atoms. The quantitative estimate of drug-likeness (QED) is 0.726. The lowest BCUT2D eigenvalue weighted by molar-refractivity contribution is -0.126. The van der Waals surface area contributed by atoms with Gasteiger partial charge in [-0.2, -0.15) is 0 Å². The van der Waals surface area contributed by atoms with E-state index in [1.165, 1.54) is 6.07 Å². The van der Waals surface area contributed by atoms with Crippen molar-refractivity contribution in [3.8, 4) is 0 Å². The Bertz CT molecular complexity index is 645. The molecule has 1 aromatic rings. The molecule has 8 heteroatoms. The van der Waals surface area contributed by atoms with Crippen molar-refractivity contribution in [3.63, 3.8) is 0 Å². The Hall–Kier alpha value is -1.48. The van der Waals surface area contributed by atoms with Gasteiger partial charge in [0, 0.05) is 12.2 Å². The van der Waals surface area contributed by atoms with Crippen LogP contribution in [0.1, 0.15) is 18.4 Å². The number of sulfonamides is 1. The standard InChI is InChI=1S/C13H19N3O4S/c1-8-2-3-9(6-12(8)21(15,18)19)16-13(17)11-5-4-10(7-14)20-11/h2-3,6,10-11H,4-5,7,14H2,1H3,(H,16,17)(H2,15,18,19). The van der Waals surface area contributed by atoms with Crippen molar-refractivity contribution in [1.82, 2.24) is 0 Å². The van der Waals surface area contributed by atoms with Gasteiger partial charge in [-0.25, -0.2) is 13.6 Å². The highest BCUT2D eigenvalue weighted by Crippen LogP contribution is 2.22. The molecule has 0 saturated carbocycles. The molecular formula is C13H19N3O4S. The topological polar surface area (TPSA) is 125 Å². The Morgan fingerprint density at radius 3 is 2.71 bits per heavy atom. The molecule has 0 bridgehead atoms. The molecule has 5 N–H and O–H groups in total. The summed E-state index contributed by atoms with van der Waals surface area (Å²) in [6.07, 6.45) is 0.684. The predicted molar refractivity (Wildman–Crippen MR) is 78.1 cm³/mol. The van der Waals surface area contributed by atoms with Gasteiger partial charge < -0.3 is 15.8 Å². The van der Waals surface area contributed by atoms with Gasteiger partial charge in [-0.05, 0) is 37.5 Å². The summed E-state index contributed by atoms with van der Waals surface area (Å²) in [5.74, 6) is -0.310. The van der Waals surface area contributed by atoms with Crippen LogP contribution in [0.2, 0.25) is 0 Å². The Labute approximate surface area is 123 Å². The molecule has 0 aliphatic carbocycles. The second-order valence-corrected chi connectivity index (χ2v) is 6.60. The number of amides is 1. The zero-order chi connectivity index (χ0) is 15.6. The maximum absolute atomic E-state index is 12.1. The van der Waals surface area contributed by atoms with Crippen molar-refractivity contribution >= 4 is 21.6 Å². The lowest BCUT2D eigenvalue weighted by Crippen LogP contribution is -2.29. The molecular weight excluding hydrogens is 294 g/mol. The Kier molecular flexibility index (Phi) is 4.62. The lowest BCUT2D eigenvalue weighted by Gasteiger charge is -2.13. The molecule has 1 aromatic carbocycles. The van der Waals surface area contributed by atoms with Gasteiger partial charge in [-0.1, -0.05) is 6.07 Å². The van der Waals surface area contributed by atoms with Crippen molar-refractivity contribution in [1.29, 1.82) is 0 Å². The van der Waals surface area contributed by atoms with E-state index in [0.717, 1.165) is 6.42 Å². The summed E-state index contributed by atoms with van der Waals surface area (Å²) in [6, 6.07) is 4.56. The summed E-state index contributed by atoms with van der Waals surface area (Å²) < 4.78 is 28.4. The molecule has 2 rings (SSSR count). The largest absolute Gasteiger partial charge is 0.364 e. The number of primary sulfonamides is 1. The number of anilines is 1. The highest BCUT2D eigenvalue weighted by Gasteiger charge is 2.30. The van der Waals surface area contributed by atoms with E-state index in [0.29, 0.717) is 24.2 Å². The number of benzene rings is 1. The van der Waals surface area contributed by atoms with Gasteiger partial charge in [-0.15, -0.1) is 0 Å². The van der Waals surface area contributed by atoms with Crippen LogP contribution in [0.25, 0.3) is 0 Å². The summed E-state index contributed by atoms with van der Waals surface area (Å²) in [5, 5.41) is 7.78. The van der Waals surface area contributed by atoms with E-state index in [-0.39, 0.29) is 16.9 Å². The maximum atomic E-state index is 12.1. The fourth-order valence-corrected chi connectivity index (χ4v) is 3.09. The molecule has 1 heterocycles. The monoisotopic (exact) mass is 313 g/mol. The summed E-state index contributed by atoms with van der Waals surface area (Å²) in [7, 11) is -3.82. The van der Waals surface area contributed by atoms with Gasteiger partial charge in [0.15, 0.2) is 0 Å². The van der Waals surface area contributed by atoms with E-state index in [2.05, 4.69) is 5.32 Å². The smallest absolute Gasteiger partial charge is 0.253 e. The summed E-state index contributed by atoms with van der Waals surface area (Å²) in [6.45, 7) is 2.02.